The van der Waals surface area contributed by atoms with Crippen molar-refractivity contribution in [2.75, 3.05) is 20.1 Å². The molecule has 0 bridgehead atoms. The number of pyridine rings is 1. The number of aliphatic hydroxyl groups is 2. The van der Waals surface area contributed by atoms with Crippen LogP contribution in [0.25, 0.3) is 11.3 Å². The quantitative estimate of drug-likeness (QED) is 0.415. The van der Waals surface area contributed by atoms with E-state index in [0.717, 1.165) is 54.0 Å². The Bertz CT molecular complexity index is 1180. The number of H-pyrrole nitrogens is 1. The van der Waals surface area contributed by atoms with E-state index in [1.54, 1.807) is 12.4 Å². The van der Waals surface area contributed by atoms with Crippen molar-refractivity contribution in [3.05, 3.63) is 71.2 Å². The molecule has 0 spiro atoms. The lowest BCUT2D eigenvalue weighted by Gasteiger charge is -2.55. The summed E-state index contributed by atoms with van der Waals surface area (Å²) in [4.78, 5) is 6.78. The van der Waals surface area contributed by atoms with E-state index in [0.29, 0.717) is 5.92 Å². The molecule has 3 N–H and O–H groups in total. The van der Waals surface area contributed by atoms with Gasteiger partial charge in [0.25, 0.3) is 0 Å². The van der Waals surface area contributed by atoms with Gasteiger partial charge in [0, 0.05) is 42.0 Å². The fraction of sp³-hybridized carbons (Fsp3) is 0.533. The van der Waals surface area contributed by atoms with Gasteiger partial charge in [-0.3, -0.25) is 10.1 Å². The highest BCUT2D eigenvalue weighted by Gasteiger charge is 2.55. The first kappa shape index (κ1) is 25.1. The molecule has 3 heterocycles. The molecule has 1 aliphatic heterocycles. The average Bonchev–Trinajstić information content (AvgIpc) is 3.38. The average molecular weight is 489 g/mol. The summed E-state index contributed by atoms with van der Waals surface area (Å²) < 4.78 is 0. The zero-order valence-corrected chi connectivity index (χ0v) is 22.0. The van der Waals surface area contributed by atoms with Crippen LogP contribution in [0.3, 0.4) is 0 Å². The van der Waals surface area contributed by atoms with Crippen LogP contribution in [-0.4, -0.2) is 50.4 Å². The fourth-order valence-electron chi connectivity index (χ4n) is 6.46. The number of nitrogens with zero attached hydrogens (tertiary/aromatic N) is 3. The molecule has 0 amide bonds. The van der Waals surface area contributed by atoms with E-state index < -0.39 is 11.7 Å². The molecule has 0 radical (unpaired) electrons. The molecule has 6 nitrogen and oxygen atoms in total. The van der Waals surface area contributed by atoms with E-state index in [4.69, 9.17) is 0 Å². The molecule has 3 aromatic rings. The third kappa shape index (κ3) is 4.40. The molecule has 192 valence electrons. The van der Waals surface area contributed by atoms with Crippen LogP contribution >= 0.6 is 0 Å². The van der Waals surface area contributed by atoms with E-state index in [-0.39, 0.29) is 11.3 Å². The van der Waals surface area contributed by atoms with Gasteiger partial charge in [0.05, 0.1) is 17.5 Å². The number of aromatic nitrogens is 3. The summed E-state index contributed by atoms with van der Waals surface area (Å²) in [5.41, 5.74) is 3.69. The summed E-state index contributed by atoms with van der Waals surface area (Å²) in [6, 6.07) is 12.3. The highest BCUT2D eigenvalue weighted by Crippen LogP contribution is 2.50. The molecule has 6 heteroatoms. The smallest absolute Gasteiger partial charge is 0.124 e. The van der Waals surface area contributed by atoms with Gasteiger partial charge in [-0.05, 0) is 55.0 Å². The highest BCUT2D eigenvalue weighted by molar-refractivity contribution is 5.60. The molecular formula is C30H40N4O2. The van der Waals surface area contributed by atoms with Crippen LogP contribution in [0, 0.1) is 11.3 Å². The third-order valence-electron chi connectivity index (χ3n) is 8.57. The molecule has 2 atom stereocenters. The Morgan fingerprint density at radius 3 is 2.36 bits per heavy atom. The lowest BCUT2D eigenvalue weighted by Crippen LogP contribution is -2.63. The second-order valence-electron chi connectivity index (χ2n) is 11.7. The Balaban J connectivity index is 1.50. The van der Waals surface area contributed by atoms with Crippen molar-refractivity contribution in [2.24, 2.45) is 11.3 Å². The molecule has 0 unspecified atom stereocenters. The molecule has 1 aromatic carbocycles. The first-order chi connectivity index (χ1) is 17.2. The maximum atomic E-state index is 12.5. The molecule has 1 saturated carbocycles. The minimum absolute atomic E-state index is 0.283. The van der Waals surface area contributed by atoms with Gasteiger partial charge in [-0.1, -0.05) is 64.3 Å². The number of rotatable bonds is 7. The minimum atomic E-state index is -1.20. The number of benzene rings is 1. The topological polar surface area (TPSA) is 85.3 Å². The van der Waals surface area contributed by atoms with Crippen molar-refractivity contribution in [2.45, 2.75) is 70.5 Å². The summed E-state index contributed by atoms with van der Waals surface area (Å²) in [7, 11) is 2.08. The van der Waals surface area contributed by atoms with E-state index in [1.165, 1.54) is 24.8 Å². The van der Waals surface area contributed by atoms with E-state index in [1.807, 2.05) is 12.1 Å². The van der Waals surface area contributed by atoms with Crippen molar-refractivity contribution in [3.63, 3.8) is 0 Å². The largest absolute Gasteiger partial charge is 0.387 e. The normalized spacial score (nSPS) is 21.2. The maximum absolute atomic E-state index is 12.5. The van der Waals surface area contributed by atoms with Crippen molar-refractivity contribution >= 4 is 0 Å². The Morgan fingerprint density at radius 2 is 1.72 bits per heavy atom. The number of hydrogen-bond donors (Lipinski definition) is 3. The predicted octanol–water partition coefficient (Wildman–Crippen LogP) is 5.40. The molecule has 2 fully saturated rings. The standard InChI is InChI=1S/C30H40N4O2/c1-20(2)21-10-12-24(13-11-21)30(36,29(3)18-34(4)19-29)25-14-23(16-31-17-25)26-15-27(33-32-26)28(35)22-8-6-5-7-9-22/h10-17,20,22,28,35-36H,5-9,18-19H2,1-4H3,(H,32,33)/t28-,30+/m1/s1. The fourth-order valence-corrected chi connectivity index (χ4v) is 6.46. The Morgan fingerprint density at radius 1 is 1.03 bits per heavy atom. The Kier molecular flexibility index (Phi) is 6.79. The van der Waals surface area contributed by atoms with Crippen molar-refractivity contribution < 1.29 is 10.2 Å². The summed E-state index contributed by atoms with van der Waals surface area (Å²) in [5, 5.41) is 31.0. The van der Waals surface area contributed by atoms with Gasteiger partial charge in [0.1, 0.15) is 5.60 Å². The van der Waals surface area contributed by atoms with Gasteiger partial charge in [-0.25, -0.2) is 0 Å². The van der Waals surface area contributed by atoms with Gasteiger partial charge >= 0.3 is 0 Å². The predicted molar refractivity (Wildman–Crippen MR) is 142 cm³/mol. The van der Waals surface area contributed by atoms with Crippen LogP contribution in [0.1, 0.15) is 87.3 Å². The molecule has 2 aliphatic rings. The van der Waals surface area contributed by atoms with Gasteiger partial charge < -0.3 is 15.1 Å². The summed E-state index contributed by atoms with van der Waals surface area (Å²) in [5.74, 6) is 0.714. The number of likely N-dealkylation sites (tertiary alicyclic amines) is 1. The number of aromatic amines is 1. The van der Waals surface area contributed by atoms with Crippen LogP contribution < -0.4 is 0 Å². The molecule has 1 saturated heterocycles. The van der Waals surface area contributed by atoms with E-state index in [9.17, 15) is 10.2 Å². The molecular weight excluding hydrogens is 448 g/mol. The zero-order chi connectivity index (χ0) is 25.5. The molecule has 5 rings (SSSR count). The van der Waals surface area contributed by atoms with Crippen LogP contribution in [0.15, 0.2) is 48.8 Å². The van der Waals surface area contributed by atoms with Crippen LogP contribution in [0.5, 0.6) is 0 Å². The SMILES string of the molecule is CC(C)c1ccc([C@](O)(c2cncc(-c3cc([C@H](O)C4CCCCC4)[nH]n3)c2)C2(C)CN(C)C2)cc1. The second-order valence-corrected chi connectivity index (χ2v) is 11.7. The van der Waals surface area contributed by atoms with E-state index in [2.05, 4.69) is 72.2 Å². The molecule has 36 heavy (non-hydrogen) atoms. The number of nitrogens with one attached hydrogen (secondary N) is 1. The van der Waals surface area contributed by atoms with E-state index >= 15 is 0 Å². The first-order valence-corrected chi connectivity index (χ1v) is 13.4. The lowest BCUT2D eigenvalue weighted by atomic mass is 9.62. The number of aliphatic hydroxyl groups excluding tert-OH is 1. The monoisotopic (exact) mass is 488 g/mol. The van der Waals surface area contributed by atoms with Gasteiger partial charge in [-0.15, -0.1) is 0 Å². The van der Waals surface area contributed by atoms with Gasteiger partial charge in [-0.2, -0.15) is 5.10 Å². The third-order valence-corrected chi connectivity index (χ3v) is 8.57. The lowest BCUT2D eigenvalue weighted by molar-refractivity contribution is -0.127. The zero-order valence-electron chi connectivity index (χ0n) is 22.0. The minimum Gasteiger partial charge on any atom is -0.387 e. The van der Waals surface area contributed by atoms with Crippen molar-refractivity contribution in [1.29, 1.82) is 0 Å². The first-order valence-electron chi connectivity index (χ1n) is 13.4. The Hall–Kier alpha value is -2.54. The van der Waals surface area contributed by atoms with Crippen molar-refractivity contribution in [3.8, 4) is 11.3 Å². The summed E-state index contributed by atoms with van der Waals surface area (Å²) in [6.07, 6.45) is 8.78. The highest BCUT2D eigenvalue weighted by atomic mass is 16.3. The second kappa shape index (κ2) is 9.73. The number of hydrogen-bond acceptors (Lipinski definition) is 5. The van der Waals surface area contributed by atoms with Crippen LogP contribution in [0.4, 0.5) is 0 Å². The maximum Gasteiger partial charge on any atom is 0.124 e. The van der Waals surface area contributed by atoms with Crippen LogP contribution in [0.2, 0.25) is 0 Å². The Labute approximate surface area is 214 Å². The molecule has 1 aliphatic carbocycles. The summed E-state index contributed by atoms with van der Waals surface area (Å²) >= 11 is 0. The summed E-state index contributed by atoms with van der Waals surface area (Å²) in [6.45, 7) is 8.10. The van der Waals surface area contributed by atoms with Crippen molar-refractivity contribution in [1.82, 2.24) is 20.1 Å². The van der Waals surface area contributed by atoms with Crippen LogP contribution in [-0.2, 0) is 5.60 Å². The molecule has 2 aromatic heterocycles. The van der Waals surface area contributed by atoms with Gasteiger partial charge in [0.15, 0.2) is 0 Å². The van der Waals surface area contributed by atoms with Gasteiger partial charge in [0.2, 0.25) is 0 Å².